The zero-order chi connectivity index (χ0) is 19.9. The number of nitrogens with zero attached hydrogens (tertiary/aromatic N) is 1. The van der Waals surface area contributed by atoms with E-state index in [1.807, 2.05) is 42.6 Å². The van der Waals surface area contributed by atoms with E-state index in [1.54, 1.807) is 13.2 Å². The van der Waals surface area contributed by atoms with Crippen LogP contribution in [0.3, 0.4) is 0 Å². The monoisotopic (exact) mass is 416 g/mol. The lowest BCUT2D eigenvalue weighted by Gasteiger charge is -2.04. The number of Topliss-reactive ketones (excluding diaryl/α,β-unsaturated/α-hetero) is 1. The third kappa shape index (κ3) is 5.64. The number of carbonyl (C=O) groups excluding carboxylic acids is 2. The molecule has 0 atom stereocenters. The molecule has 6 nitrogen and oxygen atoms in total. The quantitative estimate of drug-likeness (QED) is 0.392. The second-order valence-electron chi connectivity index (χ2n) is 5.99. The molecule has 1 N–H and O–H groups in total. The number of methoxy groups -OCH3 is 1. The molecular formula is C20H20N2O4S2. The number of nitrogens with one attached hydrogen (secondary N) is 1. The van der Waals surface area contributed by atoms with Gasteiger partial charge in [-0.25, -0.2) is 4.98 Å². The minimum atomic E-state index is -0.403. The van der Waals surface area contributed by atoms with Crippen molar-refractivity contribution in [1.82, 2.24) is 4.98 Å². The first-order chi connectivity index (χ1) is 13.5. The molecule has 28 heavy (non-hydrogen) atoms. The van der Waals surface area contributed by atoms with Crippen LogP contribution in [0.2, 0.25) is 0 Å². The number of rotatable bonds is 9. The molecule has 0 aliphatic rings. The molecule has 0 unspecified atom stereocenters. The zero-order valence-corrected chi connectivity index (χ0v) is 17.2. The van der Waals surface area contributed by atoms with Gasteiger partial charge in [0.1, 0.15) is 12.4 Å². The van der Waals surface area contributed by atoms with Gasteiger partial charge in [0.15, 0.2) is 10.9 Å². The molecule has 0 radical (unpaired) electrons. The van der Waals surface area contributed by atoms with Crippen LogP contribution in [0.25, 0.3) is 0 Å². The van der Waals surface area contributed by atoms with Crippen molar-refractivity contribution in [1.29, 1.82) is 0 Å². The largest absolute Gasteiger partial charge is 0.497 e. The van der Waals surface area contributed by atoms with Crippen LogP contribution in [-0.2, 0) is 16.1 Å². The molecular weight excluding hydrogens is 396 g/mol. The van der Waals surface area contributed by atoms with Gasteiger partial charge in [-0.15, -0.1) is 22.7 Å². The van der Waals surface area contributed by atoms with Gasteiger partial charge in [-0.2, -0.15) is 0 Å². The standard InChI is InChI=1S/C20H20N2O4S2/c1-13-3-9-18(28-13)17(23)8-10-19(24)26-11-15-12-27-20(22-15)21-14-4-6-16(25-2)7-5-14/h3-7,9,12H,8,10-11H2,1-2H3,(H,21,22). The number of hydrogen-bond acceptors (Lipinski definition) is 8. The summed E-state index contributed by atoms with van der Waals surface area (Å²) in [6.45, 7) is 2.03. The predicted molar refractivity (Wildman–Crippen MR) is 111 cm³/mol. The molecule has 3 rings (SSSR count). The number of esters is 1. The van der Waals surface area contributed by atoms with Crippen LogP contribution in [0.15, 0.2) is 41.8 Å². The number of benzene rings is 1. The number of anilines is 2. The molecule has 8 heteroatoms. The summed E-state index contributed by atoms with van der Waals surface area (Å²) in [7, 11) is 1.62. The van der Waals surface area contributed by atoms with Gasteiger partial charge >= 0.3 is 5.97 Å². The second kappa shape index (κ2) is 9.48. The van der Waals surface area contributed by atoms with Crippen molar-refractivity contribution in [2.45, 2.75) is 26.4 Å². The Morgan fingerprint density at radius 2 is 1.89 bits per heavy atom. The fraction of sp³-hybridized carbons (Fsp3) is 0.250. The molecule has 0 aliphatic carbocycles. The maximum absolute atomic E-state index is 12.0. The Morgan fingerprint density at radius 3 is 2.57 bits per heavy atom. The molecule has 0 amide bonds. The van der Waals surface area contributed by atoms with Crippen LogP contribution in [0.1, 0.15) is 33.1 Å². The summed E-state index contributed by atoms with van der Waals surface area (Å²) in [6, 6.07) is 11.2. The van der Waals surface area contributed by atoms with Gasteiger partial charge in [-0.05, 0) is 43.3 Å². The summed E-state index contributed by atoms with van der Waals surface area (Å²) in [5, 5.41) is 5.73. The summed E-state index contributed by atoms with van der Waals surface area (Å²) in [5.74, 6) is 0.346. The summed E-state index contributed by atoms with van der Waals surface area (Å²) in [4.78, 5) is 30.1. The highest BCUT2D eigenvalue weighted by molar-refractivity contribution is 7.14. The Kier molecular flexibility index (Phi) is 6.78. The summed E-state index contributed by atoms with van der Waals surface area (Å²) < 4.78 is 10.4. The minimum absolute atomic E-state index is 0.0327. The normalized spacial score (nSPS) is 10.5. The van der Waals surface area contributed by atoms with Gasteiger partial charge in [0.05, 0.1) is 24.1 Å². The van der Waals surface area contributed by atoms with E-state index in [1.165, 1.54) is 22.7 Å². The molecule has 0 bridgehead atoms. The summed E-state index contributed by atoms with van der Waals surface area (Å²) >= 11 is 2.87. The highest BCUT2D eigenvalue weighted by Crippen LogP contribution is 2.23. The van der Waals surface area contributed by atoms with Crippen LogP contribution >= 0.6 is 22.7 Å². The fourth-order valence-corrected chi connectivity index (χ4v) is 3.93. The Hall–Kier alpha value is -2.71. The number of ether oxygens (including phenoxy) is 2. The lowest BCUT2D eigenvalue weighted by molar-refractivity contribution is -0.145. The summed E-state index contributed by atoms with van der Waals surface area (Å²) in [6.07, 6.45) is 0.219. The maximum atomic E-state index is 12.0. The molecule has 0 fully saturated rings. The molecule has 2 heterocycles. The number of thiazole rings is 1. The van der Waals surface area contributed by atoms with Gasteiger partial charge in [0.25, 0.3) is 0 Å². The van der Waals surface area contributed by atoms with Gasteiger partial charge in [0.2, 0.25) is 0 Å². The van der Waals surface area contributed by atoms with E-state index in [0.717, 1.165) is 16.3 Å². The Bertz CT molecular complexity index is 947. The second-order valence-corrected chi connectivity index (χ2v) is 8.14. The SMILES string of the molecule is COc1ccc(Nc2nc(COC(=O)CCC(=O)c3ccc(C)s3)cs2)cc1. The molecule has 1 aromatic carbocycles. The van der Waals surface area contributed by atoms with E-state index in [4.69, 9.17) is 9.47 Å². The molecule has 146 valence electrons. The van der Waals surface area contributed by atoms with Gasteiger partial charge in [-0.1, -0.05) is 0 Å². The molecule has 0 saturated carbocycles. The molecule has 2 aromatic heterocycles. The maximum Gasteiger partial charge on any atom is 0.306 e. The number of carbonyl (C=O) groups is 2. The third-order valence-corrected chi connectivity index (χ3v) is 5.69. The number of ketones is 1. The third-order valence-electron chi connectivity index (χ3n) is 3.85. The predicted octanol–water partition coefficient (Wildman–Crippen LogP) is 4.97. The first-order valence-corrected chi connectivity index (χ1v) is 10.3. The lowest BCUT2D eigenvalue weighted by Crippen LogP contribution is -2.07. The van der Waals surface area contributed by atoms with Crippen LogP contribution < -0.4 is 10.1 Å². The van der Waals surface area contributed by atoms with E-state index in [2.05, 4.69) is 10.3 Å². The molecule has 0 aliphatic heterocycles. The Labute approximate surface area is 171 Å². The van der Waals surface area contributed by atoms with Gasteiger partial charge < -0.3 is 14.8 Å². The van der Waals surface area contributed by atoms with Crippen LogP contribution in [0.4, 0.5) is 10.8 Å². The van der Waals surface area contributed by atoms with Crippen molar-refractivity contribution in [3.8, 4) is 5.75 Å². The first kappa shape index (κ1) is 20.0. The van der Waals surface area contributed by atoms with E-state index < -0.39 is 5.97 Å². The lowest BCUT2D eigenvalue weighted by atomic mass is 10.2. The number of hydrogen-bond donors (Lipinski definition) is 1. The topological polar surface area (TPSA) is 77.5 Å². The number of aryl methyl sites for hydroxylation is 1. The minimum Gasteiger partial charge on any atom is -0.497 e. The highest BCUT2D eigenvalue weighted by atomic mass is 32.1. The van der Waals surface area contributed by atoms with E-state index in [0.29, 0.717) is 15.7 Å². The summed E-state index contributed by atoms with van der Waals surface area (Å²) in [5.41, 5.74) is 1.55. The number of aromatic nitrogens is 1. The van der Waals surface area contributed by atoms with E-state index in [9.17, 15) is 9.59 Å². The Balaban J connectivity index is 1.43. The fourth-order valence-electron chi connectivity index (χ4n) is 2.38. The smallest absolute Gasteiger partial charge is 0.306 e. The van der Waals surface area contributed by atoms with E-state index in [-0.39, 0.29) is 25.2 Å². The highest BCUT2D eigenvalue weighted by Gasteiger charge is 2.12. The van der Waals surface area contributed by atoms with Crippen molar-refractivity contribution in [2.24, 2.45) is 0 Å². The van der Waals surface area contributed by atoms with Gasteiger partial charge in [0, 0.05) is 22.4 Å². The van der Waals surface area contributed by atoms with Crippen LogP contribution in [-0.4, -0.2) is 23.8 Å². The molecule has 0 saturated heterocycles. The van der Waals surface area contributed by atoms with Crippen LogP contribution in [0, 0.1) is 6.92 Å². The van der Waals surface area contributed by atoms with Crippen molar-refractivity contribution >= 4 is 45.2 Å². The first-order valence-electron chi connectivity index (χ1n) is 8.64. The zero-order valence-electron chi connectivity index (χ0n) is 15.6. The van der Waals surface area contributed by atoms with Crippen molar-refractivity contribution in [3.63, 3.8) is 0 Å². The average molecular weight is 417 g/mol. The van der Waals surface area contributed by atoms with E-state index >= 15 is 0 Å². The van der Waals surface area contributed by atoms with Crippen molar-refractivity contribution < 1.29 is 19.1 Å². The Morgan fingerprint density at radius 1 is 1.11 bits per heavy atom. The van der Waals surface area contributed by atoms with Crippen molar-refractivity contribution in [2.75, 3.05) is 12.4 Å². The van der Waals surface area contributed by atoms with Crippen LogP contribution in [0.5, 0.6) is 5.75 Å². The average Bonchev–Trinajstić information content (AvgIpc) is 3.34. The molecule has 0 spiro atoms. The number of thiophene rings is 1. The molecule has 3 aromatic rings. The van der Waals surface area contributed by atoms with Crippen molar-refractivity contribution in [3.05, 3.63) is 57.2 Å². The van der Waals surface area contributed by atoms with Gasteiger partial charge in [-0.3, -0.25) is 9.59 Å².